The van der Waals surface area contributed by atoms with E-state index in [2.05, 4.69) is 37.6 Å². The molecule has 3 rings (SSSR count). The molecule has 19 heavy (non-hydrogen) atoms. The van der Waals surface area contributed by atoms with E-state index in [1.807, 2.05) is 0 Å². The topological polar surface area (TPSA) is 50.8 Å². The molecule has 2 N–H and O–H groups in total. The molecule has 2 aliphatic heterocycles. The third-order valence-electron chi connectivity index (χ3n) is 5.27. The zero-order chi connectivity index (χ0) is 13.9. The molecule has 2 heterocycles. The molecule has 4 heteroatoms. The summed E-state index contributed by atoms with van der Waals surface area (Å²) in [4.78, 5) is 7.02. The van der Waals surface area contributed by atoms with Crippen molar-refractivity contribution in [2.24, 2.45) is 10.7 Å². The Kier molecular flexibility index (Phi) is 2.70. The number of ether oxygens (including phenoxy) is 1. The molecule has 1 spiro atoms. The van der Waals surface area contributed by atoms with Gasteiger partial charge in [0, 0.05) is 12.5 Å². The smallest absolute Gasteiger partial charge is 0.192 e. The van der Waals surface area contributed by atoms with E-state index in [9.17, 15) is 0 Å². The van der Waals surface area contributed by atoms with E-state index < -0.39 is 0 Å². The zero-order valence-corrected chi connectivity index (χ0v) is 12.7. The third-order valence-corrected chi connectivity index (χ3v) is 5.27. The highest BCUT2D eigenvalue weighted by Gasteiger charge is 2.63. The number of nitrogens with zero attached hydrogens (tertiary/aromatic N) is 2. The van der Waals surface area contributed by atoms with Crippen LogP contribution in [0.5, 0.6) is 0 Å². The van der Waals surface area contributed by atoms with Crippen LogP contribution in [0.1, 0.15) is 59.8 Å². The molecule has 2 fully saturated rings. The quantitative estimate of drug-likeness (QED) is 0.791. The molecular weight excluding hydrogens is 238 g/mol. The normalized spacial score (nSPS) is 37.3. The molecule has 1 saturated heterocycles. The largest absolute Gasteiger partial charge is 0.370 e. The van der Waals surface area contributed by atoms with Gasteiger partial charge in [0.05, 0.1) is 23.3 Å². The summed E-state index contributed by atoms with van der Waals surface area (Å²) in [6.07, 6.45) is 6.13. The summed E-state index contributed by atoms with van der Waals surface area (Å²) < 4.78 is 6.34. The highest BCUT2D eigenvalue weighted by atomic mass is 16.5. The van der Waals surface area contributed by atoms with Crippen LogP contribution in [0.4, 0.5) is 0 Å². The Morgan fingerprint density at radius 1 is 1.21 bits per heavy atom. The lowest BCUT2D eigenvalue weighted by atomic mass is 9.77. The minimum atomic E-state index is -0.205. The Morgan fingerprint density at radius 3 is 2.37 bits per heavy atom. The van der Waals surface area contributed by atoms with E-state index in [0.717, 1.165) is 18.9 Å². The van der Waals surface area contributed by atoms with Gasteiger partial charge in [-0.25, -0.2) is 0 Å². The Balaban J connectivity index is 1.98. The summed E-state index contributed by atoms with van der Waals surface area (Å²) >= 11 is 0. The van der Waals surface area contributed by atoms with E-state index in [4.69, 9.17) is 10.5 Å². The van der Waals surface area contributed by atoms with Crippen molar-refractivity contribution < 1.29 is 4.74 Å². The first-order chi connectivity index (χ1) is 8.78. The van der Waals surface area contributed by atoms with Gasteiger partial charge in [-0.15, -0.1) is 0 Å². The highest BCUT2D eigenvalue weighted by molar-refractivity contribution is 5.82. The predicted molar refractivity (Wildman–Crippen MR) is 77.2 cm³/mol. The molecule has 0 radical (unpaired) electrons. The van der Waals surface area contributed by atoms with E-state index in [0.29, 0.717) is 6.04 Å². The molecule has 0 aromatic carbocycles. The Hall–Kier alpha value is -0.770. The van der Waals surface area contributed by atoms with Gasteiger partial charge >= 0.3 is 0 Å². The summed E-state index contributed by atoms with van der Waals surface area (Å²) in [5.41, 5.74) is 5.90. The number of nitrogens with two attached hydrogens (primary N) is 1. The Morgan fingerprint density at radius 2 is 1.84 bits per heavy atom. The van der Waals surface area contributed by atoms with Gasteiger partial charge in [-0.3, -0.25) is 4.99 Å². The van der Waals surface area contributed by atoms with Crippen LogP contribution < -0.4 is 5.73 Å². The van der Waals surface area contributed by atoms with Gasteiger partial charge in [0.2, 0.25) is 0 Å². The van der Waals surface area contributed by atoms with Gasteiger partial charge in [-0.05, 0) is 40.5 Å². The minimum absolute atomic E-state index is 0.0460. The van der Waals surface area contributed by atoms with Crippen molar-refractivity contribution in [1.82, 2.24) is 4.90 Å². The van der Waals surface area contributed by atoms with E-state index in [-0.39, 0.29) is 16.7 Å². The van der Waals surface area contributed by atoms with Gasteiger partial charge in [0.25, 0.3) is 0 Å². The van der Waals surface area contributed by atoms with Crippen LogP contribution in [0.3, 0.4) is 0 Å². The number of rotatable bonds is 1. The van der Waals surface area contributed by atoms with Gasteiger partial charge < -0.3 is 15.4 Å². The van der Waals surface area contributed by atoms with Crippen LogP contribution in [-0.2, 0) is 4.74 Å². The van der Waals surface area contributed by atoms with Gasteiger partial charge in [0.15, 0.2) is 5.96 Å². The van der Waals surface area contributed by atoms with Gasteiger partial charge in [-0.1, -0.05) is 12.8 Å². The fraction of sp³-hybridized carbons (Fsp3) is 0.933. The van der Waals surface area contributed by atoms with Gasteiger partial charge in [0.1, 0.15) is 0 Å². The number of hydrogen-bond donors (Lipinski definition) is 1. The van der Waals surface area contributed by atoms with Crippen LogP contribution in [0.2, 0.25) is 0 Å². The lowest BCUT2D eigenvalue weighted by Gasteiger charge is -2.47. The van der Waals surface area contributed by atoms with Crippen molar-refractivity contribution in [3.63, 3.8) is 0 Å². The lowest BCUT2D eigenvalue weighted by molar-refractivity contribution is -0.0952. The Bertz CT molecular complexity index is 410. The van der Waals surface area contributed by atoms with E-state index in [1.165, 1.54) is 25.7 Å². The van der Waals surface area contributed by atoms with Crippen molar-refractivity contribution in [3.8, 4) is 0 Å². The van der Waals surface area contributed by atoms with Crippen LogP contribution in [-0.4, -0.2) is 40.2 Å². The molecule has 1 saturated carbocycles. The first kappa shape index (κ1) is 13.2. The van der Waals surface area contributed by atoms with Crippen molar-refractivity contribution in [1.29, 1.82) is 0 Å². The molecule has 0 amide bonds. The maximum atomic E-state index is 6.34. The predicted octanol–water partition coefficient (Wildman–Crippen LogP) is 2.28. The van der Waals surface area contributed by atoms with Crippen molar-refractivity contribution in [3.05, 3.63) is 0 Å². The molecular formula is C15H27N3O. The fourth-order valence-electron chi connectivity index (χ4n) is 4.64. The molecule has 3 aliphatic rings. The lowest BCUT2D eigenvalue weighted by Crippen LogP contribution is -2.63. The van der Waals surface area contributed by atoms with Gasteiger partial charge in [-0.2, -0.15) is 0 Å². The molecule has 4 nitrogen and oxygen atoms in total. The van der Waals surface area contributed by atoms with E-state index >= 15 is 0 Å². The molecule has 108 valence electrons. The highest BCUT2D eigenvalue weighted by Crippen LogP contribution is 2.52. The van der Waals surface area contributed by atoms with E-state index in [1.54, 1.807) is 0 Å². The van der Waals surface area contributed by atoms with Crippen molar-refractivity contribution >= 4 is 5.96 Å². The number of aliphatic imine (C=N–C) groups is 1. The second-order valence-electron chi connectivity index (χ2n) is 7.56. The third kappa shape index (κ3) is 1.79. The van der Waals surface area contributed by atoms with Crippen molar-refractivity contribution in [2.75, 3.05) is 6.54 Å². The molecule has 1 aliphatic carbocycles. The molecule has 1 unspecified atom stereocenters. The minimum Gasteiger partial charge on any atom is -0.370 e. The first-order valence-corrected chi connectivity index (χ1v) is 7.57. The summed E-state index contributed by atoms with van der Waals surface area (Å²) in [7, 11) is 0. The Labute approximate surface area is 116 Å². The van der Waals surface area contributed by atoms with Crippen LogP contribution in [0.15, 0.2) is 4.99 Å². The second kappa shape index (κ2) is 3.87. The molecule has 1 atom stereocenters. The van der Waals surface area contributed by atoms with Crippen LogP contribution in [0.25, 0.3) is 0 Å². The standard InChI is InChI=1S/C15H27N3O/c1-13(2)9-15(14(3,4)19-13)10-17-12(16)18(15)11-7-5-6-8-11/h11H,5-10H2,1-4H3,(H2,16,17). The summed E-state index contributed by atoms with van der Waals surface area (Å²) in [6, 6.07) is 0.558. The van der Waals surface area contributed by atoms with Crippen molar-refractivity contribution in [2.45, 2.75) is 82.6 Å². The molecule has 0 aromatic rings. The number of guanidine groups is 1. The first-order valence-electron chi connectivity index (χ1n) is 7.57. The van der Waals surface area contributed by atoms with Crippen LogP contribution in [0, 0.1) is 0 Å². The summed E-state index contributed by atoms with van der Waals surface area (Å²) in [5, 5.41) is 0. The maximum absolute atomic E-state index is 6.34. The average molecular weight is 265 g/mol. The SMILES string of the molecule is CC1(C)CC2(CN=C(N)N2C2CCCC2)C(C)(C)O1. The number of hydrogen-bond acceptors (Lipinski definition) is 4. The monoisotopic (exact) mass is 265 g/mol. The second-order valence-corrected chi connectivity index (χ2v) is 7.56. The summed E-state index contributed by atoms with van der Waals surface area (Å²) in [5.74, 6) is 0.737. The summed E-state index contributed by atoms with van der Waals surface area (Å²) in [6.45, 7) is 9.57. The van der Waals surface area contributed by atoms with Crippen LogP contribution >= 0.6 is 0 Å². The molecule has 0 bridgehead atoms. The maximum Gasteiger partial charge on any atom is 0.192 e. The average Bonchev–Trinajstić information content (AvgIpc) is 2.88. The zero-order valence-electron chi connectivity index (χ0n) is 12.7. The molecule has 0 aromatic heterocycles. The fourth-order valence-corrected chi connectivity index (χ4v) is 4.64.